The van der Waals surface area contributed by atoms with E-state index in [1.165, 1.54) is 4.90 Å². The lowest BCUT2D eigenvalue weighted by Gasteiger charge is -2.22. The summed E-state index contributed by atoms with van der Waals surface area (Å²) in [4.78, 5) is 31.4. The lowest BCUT2D eigenvalue weighted by Crippen LogP contribution is -2.34. The monoisotopic (exact) mass is 491 g/mol. The summed E-state index contributed by atoms with van der Waals surface area (Å²) < 4.78 is 2.78. The molecule has 0 radical (unpaired) electrons. The fourth-order valence-electron chi connectivity index (χ4n) is 3.72. The number of ketones is 1. The summed E-state index contributed by atoms with van der Waals surface area (Å²) >= 11 is 3.37. The Kier molecular flexibility index (Phi) is 6.66. The quantitative estimate of drug-likeness (QED) is 0.300. The van der Waals surface area contributed by atoms with Crippen LogP contribution in [-0.4, -0.2) is 43.8 Å². The minimum atomic E-state index is -0.671. The number of imidazole rings is 1. The molecule has 1 aliphatic rings. The second kappa shape index (κ2) is 9.78. The fraction of sp³-hybridized carbons (Fsp3) is 0.160. The van der Waals surface area contributed by atoms with Gasteiger partial charge >= 0.3 is 0 Å². The standard InChI is InChI=1S/C25H22BrN3O3/c26-20-10-8-19(9-11-20)23(30)22-21(12-7-18-5-2-1-3-6-18)29(25(32)24(22)31)15-4-14-28-16-13-27-17-28/h1-3,5-13,16-17,21,30H,4,14-15H2/b12-7?,23-22+. The molecule has 1 unspecified atom stereocenters. The first-order valence-corrected chi connectivity index (χ1v) is 11.1. The molecule has 32 heavy (non-hydrogen) atoms. The van der Waals surface area contributed by atoms with E-state index in [0.717, 1.165) is 10.0 Å². The van der Waals surface area contributed by atoms with Gasteiger partial charge in [0.2, 0.25) is 0 Å². The largest absolute Gasteiger partial charge is 0.507 e. The van der Waals surface area contributed by atoms with Gasteiger partial charge in [0.05, 0.1) is 17.9 Å². The van der Waals surface area contributed by atoms with Gasteiger partial charge in [-0.2, -0.15) is 0 Å². The van der Waals surface area contributed by atoms with Crippen molar-refractivity contribution in [1.82, 2.24) is 14.5 Å². The highest BCUT2D eigenvalue weighted by atomic mass is 79.9. The van der Waals surface area contributed by atoms with Crippen LogP contribution in [0.4, 0.5) is 0 Å². The number of aliphatic hydroxyl groups excluding tert-OH is 1. The number of aromatic nitrogens is 2. The fourth-order valence-corrected chi connectivity index (χ4v) is 3.99. The first-order chi connectivity index (χ1) is 15.5. The molecule has 0 aliphatic carbocycles. The maximum atomic E-state index is 12.9. The Hall–Kier alpha value is -3.45. The van der Waals surface area contributed by atoms with Gasteiger partial charge in [-0.15, -0.1) is 0 Å². The Morgan fingerprint density at radius 1 is 1.06 bits per heavy atom. The molecule has 4 rings (SSSR count). The van der Waals surface area contributed by atoms with Gasteiger partial charge in [-0.25, -0.2) is 4.98 Å². The molecule has 6 nitrogen and oxygen atoms in total. The van der Waals surface area contributed by atoms with Crippen molar-refractivity contribution in [3.8, 4) is 0 Å². The Morgan fingerprint density at radius 3 is 2.50 bits per heavy atom. The first-order valence-electron chi connectivity index (χ1n) is 10.3. The molecular weight excluding hydrogens is 470 g/mol. The third-order valence-corrected chi connectivity index (χ3v) is 5.88. The first kappa shape index (κ1) is 21.8. The lowest BCUT2D eigenvalue weighted by molar-refractivity contribution is -0.139. The van der Waals surface area contributed by atoms with Crippen molar-refractivity contribution in [1.29, 1.82) is 0 Å². The SMILES string of the molecule is O=C1C(=O)N(CCCn2ccnc2)C(C=Cc2ccccc2)/C1=C(\O)c1ccc(Br)cc1. The second-order valence-corrected chi connectivity index (χ2v) is 8.38. The molecule has 0 bridgehead atoms. The Bertz CT molecular complexity index is 1150. The van der Waals surface area contributed by atoms with Crippen molar-refractivity contribution in [2.45, 2.75) is 19.0 Å². The number of aliphatic hydroxyl groups is 1. The average molecular weight is 492 g/mol. The highest BCUT2D eigenvalue weighted by Gasteiger charge is 2.43. The van der Waals surface area contributed by atoms with Crippen LogP contribution in [0.5, 0.6) is 0 Å². The number of amides is 1. The maximum Gasteiger partial charge on any atom is 0.295 e. The van der Waals surface area contributed by atoms with Crippen molar-refractivity contribution < 1.29 is 14.7 Å². The van der Waals surface area contributed by atoms with E-state index in [4.69, 9.17) is 0 Å². The summed E-state index contributed by atoms with van der Waals surface area (Å²) in [5, 5.41) is 11.0. The highest BCUT2D eigenvalue weighted by molar-refractivity contribution is 9.10. The molecule has 1 saturated heterocycles. The van der Waals surface area contributed by atoms with Crippen LogP contribution in [0.15, 0.2) is 89.4 Å². The van der Waals surface area contributed by atoms with Gasteiger partial charge in [-0.3, -0.25) is 9.59 Å². The third kappa shape index (κ3) is 4.73. The summed E-state index contributed by atoms with van der Waals surface area (Å²) in [5.41, 5.74) is 1.54. The summed E-state index contributed by atoms with van der Waals surface area (Å²) in [6, 6.07) is 16.0. The molecule has 2 aromatic carbocycles. The minimum Gasteiger partial charge on any atom is -0.507 e. The van der Waals surface area contributed by atoms with Gasteiger partial charge in [-0.1, -0.05) is 70.5 Å². The van der Waals surface area contributed by atoms with Crippen molar-refractivity contribution in [3.63, 3.8) is 0 Å². The molecule has 0 saturated carbocycles. The van der Waals surface area contributed by atoms with Crippen LogP contribution in [0.25, 0.3) is 11.8 Å². The van der Waals surface area contributed by atoms with Crippen molar-refractivity contribution in [3.05, 3.63) is 101 Å². The molecule has 1 amide bonds. The van der Waals surface area contributed by atoms with E-state index in [2.05, 4.69) is 20.9 Å². The van der Waals surface area contributed by atoms with Gasteiger partial charge in [0.15, 0.2) is 0 Å². The van der Waals surface area contributed by atoms with Crippen LogP contribution in [0.3, 0.4) is 0 Å². The average Bonchev–Trinajstić information content (AvgIpc) is 3.41. The third-order valence-electron chi connectivity index (χ3n) is 5.35. The number of likely N-dealkylation sites (tertiary alicyclic amines) is 1. The van der Waals surface area contributed by atoms with Gasteiger partial charge in [0.1, 0.15) is 5.76 Å². The zero-order valence-electron chi connectivity index (χ0n) is 17.3. The molecule has 2 heterocycles. The topological polar surface area (TPSA) is 75.4 Å². The van der Waals surface area contributed by atoms with E-state index in [1.54, 1.807) is 42.9 Å². The van der Waals surface area contributed by atoms with Gasteiger partial charge in [0, 0.05) is 35.5 Å². The van der Waals surface area contributed by atoms with Crippen LogP contribution < -0.4 is 0 Å². The van der Waals surface area contributed by atoms with Crippen LogP contribution in [0.1, 0.15) is 17.5 Å². The Morgan fingerprint density at radius 2 is 1.81 bits per heavy atom. The van der Waals surface area contributed by atoms with Crippen molar-refractivity contribution in [2.75, 3.05) is 6.54 Å². The molecule has 7 heteroatoms. The van der Waals surface area contributed by atoms with E-state index < -0.39 is 17.7 Å². The van der Waals surface area contributed by atoms with Crippen LogP contribution in [0.2, 0.25) is 0 Å². The van der Waals surface area contributed by atoms with E-state index in [0.29, 0.717) is 25.1 Å². The number of carbonyl (C=O) groups excluding carboxylic acids is 2. The molecule has 3 aromatic rings. The predicted molar refractivity (Wildman–Crippen MR) is 127 cm³/mol. The minimum absolute atomic E-state index is 0.104. The zero-order chi connectivity index (χ0) is 22.5. The maximum absolute atomic E-state index is 12.9. The molecule has 1 aliphatic heterocycles. The summed E-state index contributed by atoms with van der Waals surface area (Å²) in [6.07, 6.45) is 9.60. The van der Waals surface area contributed by atoms with Crippen LogP contribution in [0, 0.1) is 0 Å². The molecule has 1 fully saturated rings. The second-order valence-electron chi connectivity index (χ2n) is 7.47. The summed E-state index contributed by atoms with van der Waals surface area (Å²) in [6.45, 7) is 1.05. The Labute approximate surface area is 194 Å². The number of hydrogen-bond acceptors (Lipinski definition) is 4. The number of halogens is 1. The lowest BCUT2D eigenvalue weighted by atomic mass is 10.00. The zero-order valence-corrected chi connectivity index (χ0v) is 18.9. The predicted octanol–water partition coefficient (Wildman–Crippen LogP) is 4.50. The highest BCUT2D eigenvalue weighted by Crippen LogP contribution is 2.30. The van der Waals surface area contributed by atoms with E-state index in [-0.39, 0.29) is 11.3 Å². The van der Waals surface area contributed by atoms with Crippen molar-refractivity contribution >= 4 is 39.5 Å². The van der Waals surface area contributed by atoms with E-state index in [1.807, 2.05) is 47.2 Å². The summed E-state index contributed by atoms with van der Waals surface area (Å²) in [7, 11) is 0. The molecule has 0 spiro atoms. The number of carbonyl (C=O) groups is 2. The van der Waals surface area contributed by atoms with Gasteiger partial charge in [-0.05, 0) is 24.1 Å². The molecule has 1 aromatic heterocycles. The van der Waals surface area contributed by atoms with Crippen molar-refractivity contribution in [2.24, 2.45) is 0 Å². The van der Waals surface area contributed by atoms with Crippen LogP contribution in [-0.2, 0) is 16.1 Å². The number of rotatable bonds is 7. The van der Waals surface area contributed by atoms with E-state index >= 15 is 0 Å². The van der Waals surface area contributed by atoms with Crippen LogP contribution >= 0.6 is 15.9 Å². The number of Topliss-reactive ketones (excluding diaryl/α,β-unsaturated/α-hetero) is 1. The molecule has 162 valence electrons. The van der Waals surface area contributed by atoms with E-state index in [9.17, 15) is 14.7 Å². The normalized spacial score (nSPS) is 18.0. The molecule has 1 atom stereocenters. The van der Waals surface area contributed by atoms with Gasteiger partial charge < -0.3 is 14.6 Å². The number of hydrogen-bond donors (Lipinski definition) is 1. The number of aryl methyl sites for hydroxylation is 1. The summed E-state index contributed by atoms with van der Waals surface area (Å²) in [5.74, 6) is -1.44. The number of nitrogens with zero attached hydrogens (tertiary/aromatic N) is 3. The smallest absolute Gasteiger partial charge is 0.295 e. The Balaban J connectivity index is 1.67. The molecule has 1 N–H and O–H groups in total. The molecular formula is C25H22BrN3O3. The van der Waals surface area contributed by atoms with Gasteiger partial charge in [0.25, 0.3) is 11.7 Å². The number of benzene rings is 2.